The lowest BCUT2D eigenvalue weighted by Crippen LogP contribution is -2.02. The van der Waals surface area contributed by atoms with Gasteiger partial charge in [-0.25, -0.2) is 4.79 Å². The van der Waals surface area contributed by atoms with Crippen LogP contribution in [0.25, 0.3) is 0 Å². The summed E-state index contributed by atoms with van der Waals surface area (Å²) in [5.74, 6) is -0.199. The largest absolute Gasteiger partial charge is 0.496 e. The number of hydrogen-bond donors (Lipinski definition) is 1. The van der Waals surface area contributed by atoms with Gasteiger partial charge in [0.1, 0.15) is 23.7 Å². The van der Waals surface area contributed by atoms with E-state index in [2.05, 4.69) is 4.98 Å². The van der Waals surface area contributed by atoms with E-state index in [-0.39, 0.29) is 12.2 Å². The second kappa shape index (κ2) is 6.25. The third kappa shape index (κ3) is 3.39. The van der Waals surface area contributed by atoms with Crippen LogP contribution in [0.4, 0.5) is 0 Å². The summed E-state index contributed by atoms with van der Waals surface area (Å²) in [6.07, 6.45) is 3.06. The summed E-state index contributed by atoms with van der Waals surface area (Å²) in [6.45, 7) is 0.262. The number of nitrogens with zero attached hydrogens (tertiary/aromatic N) is 1. The summed E-state index contributed by atoms with van der Waals surface area (Å²) in [7, 11) is 1.42. The van der Waals surface area contributed by atoms with Crippen LogP contribution in [-0.2, 0) is 6.61 Å². The van der Waals surface area contributed by atoms with Crippen LogP contribution in [0.2, 0.25) is 5.02 Å². The molecular weight excluding hydrogens is 282 g/mol. The maximum Gasteiger partial charge on any atom is 0.339 e. The molecule has 0 bridgehead atoms. The molecule has 1 N–H and O–H groups in total. The van der Waals surface area contributed by atoms with Crippen LogP contribution in [0.3, 0.4) is 0 Å². The summed E-state index contributed by atoms with van der Waals surface area (Å²) in [6, 6.07) is 6.43. The summed E-state index contributed by atoms with van der Waals surface area (Å²) in [4.78, 5) is 14.9. The number of carboxylic acids is 1. The summed E-state index contributed by atoms with van der Waals surface area (Å²) >= 11 is 5.80. The van der Waals surface area contributed by atoms with Crippen molar-refractivity contribution >= 4 is 17.6 Å². The van der Waals surface area contributed by atoms with Crippen molar-refractivity contribution in [2.24, 2.45) is 0 Å². The van der Waals surface area contributed by atoms with Gasteiger partial charge in [0, 0.05) is 12.3 Å². The van der Waals surface area contributed by atoms with Gasteiger partial charge in [0.2, 0.25) is 0 Å². The first kappa shape index (κ1) is 14.1. The van der Waals surface area contributed by atoms with Gasteiger partial charge < -0.3 is 14.6 Å². The van der Waals surface area contributed by atoms with Gasteiger partial charge in [0.25, 0.3) is 0 Å². The normalized spacial score (nSPS) is 10.1. The Morgan fingerprint density at radius 3 is 2.80 bits per heavy atom. The van der Waals surface area contributed by atoms with Crippen molar-refractivity contribution in [3.63, 3.8) is 0 Å². The van der Waals surface area contributed by atoms with Crippen LogP contribution in [0.5, 0.6) is 11.5 Å². The predicted octanol–water partition coefficient (Wildman–Crippen LogP) is 3.02. The fourth-order valence-corrected chi connectivity index (χ4v) is 1.80. The van der Waals surface area contributed by atoms with Gasteiger partial charge in [-0.15, -0.1) is 0 Å². The Morgan fingerprint density at radius 2 is 2.15 bits per heavy atom. The zero-order valence-corrected chi connectivity index (χ0v) is 11.4. The molecule has 1 aromatic carbocycles. The molecule has 2 rings (SSSR count). The molecule has 0 saturated heterocycles. The Kier molecular flexibility index (Phi) is 4.42. The van der Waals surface area contributed by atoms with Crippen LogP contribution in [0.15, 0.2) is 36.7 Å². The second-order valence-electron chi connectivity index (χ2n) is 3.97. The van der Waals surface area contributed by atoms with E-state index >= 15 is 0 Å². The Labute approximate surface area is 120 Å². The van der Waals surface area contributed by atoms with Crippen molar-refractivity contribution < 1.29 is 19.4 Å². The molecule has 0 atom stereocenters. The minimum absolute atomic E-state index is 0.112. The van der Waals surface area contributed by atoms with E-state index in [9.17, 15) is 4.79 Å². The second-order valence-corrected chi connectivity index (χ2v) is 4.40. The van der Waals surface area contributed by atoms with Crippen molar-refractivity contribution in [1.29, 1.82) is 0 Å². The summed E-state index contributed by atoms with van der Waals surface area (Å²) < 4.78 is 10.6. The van der Waals surface area contributed by atoms with Gasteiger partial charge in [-0.1, -0.05) is 17.7 Å². The van der Waals surface area contributed by atoms with Gasteiger partial charge in [0.15, 0.2) is 0 Å². The van der Waals surface area contributed by atoms with E-state index in [1.807, 2.05) is 0 Å². The minimum atomic E-state index is -1.03. The first-order valence-corrected chi connectivity index (χ1v) is 6.11. The molecule has 2 aromatic rings. The Bertz CT molecular complexity index is 630. The molecular formula is C14H12ClNO4. The lowest BCUT2D eigenvalue weighted by atomic mass is 10.1. The van der Waals surface area contributed by atoms with Gasteiger partial charge >= 0.3 is 5.97 Å². The van der Waals surface area contributed by atoms with Gasteiger partial charge in [0.05, 0.1) is 18.3 Å². The molecule has 0 fully saturated rings. The van der Waals surface area contributed by atoms with Crippen molar-refractivity contribution in [2.75, 3.05) is 7.11 Å². The fraction of sp³-hybridized carbons (Fsp3) is 0.143. The molecule has 0 amide bonds. The van der Waals surface area contributed by atoms with Crippen molar-refractivity contribution in [1.82, 2.24) is 4.98 Å². The highest BCUT2D eigenvalue weighted by Gasteiger charge is 2.11. The third-order valence-corrected chi connectivity index (χ3v) is 2.79. The van der Waals surface area contributed by atoms with E-state index in [1.165, 1.54) is 19.4 Å². The topological polar surface area (TPSA) is 68.7 Å². The highest BCUT2D eigenvalue weighted by atomic mass is 35.5. The molecule has 6 heteroatoms. The number of aromatic carboxylic acids is 1. The van der Waals surface area contributed by atoms with E-state index in [0.29, 0.717) is 16.5 Å². The van der Waals surface area contributed by atoms with Crippen LogP contribution >= 0.6 is 11.6 Å². The lowest BCUT2D eigenvalue weighted by molar-refractivity contribution is 0.0693. The Balaban J connectivity index is 2.12. The van der Waals surface area contributed by atoms with Crippen molar-refractivity contribution in [2.45, 2.75) is 6.61 Å². The molecule has 104 valence electrons. The number of pyridine rings is 1. The number of methoxy groups -OCH3 is 1. The first-order valence-electron chi connectivity index (χ1n) is 5.73. The number of benzene rings is 1. The molecule has 0 aliphatic carbocycles. The average Bonchev–Trinajstić information content (AvgIpc) is 2.44. The molecule has 0 unspecified atom stereocenters. The third-order valence-electron chi connectivity index (χ3n) is 2.58. The smallest absolute Gasteiger partial charge is 0.339 e. The number of halogens is 1. The minimum Gasteiger partial charge on any atom is -0.496 e. The van der Waals surface area contributed by atoms with Gasteiger partial charge in [-0.3, -0.25) is 4.98 Å². The SMILES string of the molecule is COc1cc(COc2cncc(Cl)c2)ccc1C(=O)O. The van der Waals surface area contributed by atoms with Gasteiger partial charge in [-0.05, 0) is 17.7 Å². The molecule has 5 nitrogen and oxygen atoms in total. The van der Waals surface area contributed by atoms with Crippen LogP contribution in [0.1, 0.15) is 15.9 Å². The van der Waals surface area contributed by atoms with Crippen LogP contribution in [-0.4, -0.2) is 23.2 Å². The van der Waals surface area contributed by atoms with E-state index in [1.54, 1.807) is 24.4 Å². The highest BCUT2D eigenvalue weighted by molar-refractivity contribution is 6.30. The molecule has 1 aromatic heterocycles. The number of hydrogen-bond acceptors (Lipinski definition) is 4. The quantitative estimate of drug-likeness (QED) is 0.917. The molecule has 0 spiro atoms. The maximum absolute atomic E-state index is 11.0. The highest BCUT2D eigenvalue weighted by Crippen LogP contribution is 2.22. The number of carboxylic acid groups (broad SMARTS) is 1. The number of ether oxygens (including phenoxy) is 2. The zero-order valence-electron chi connectivity index (χ0n) is 10.7. The molecule has 0 saturated carbocycles. The number of carbonyl (C=O) groups is 1. The number of rotatable bonds is 5. The Hall–Kier alpha value is -2.27. The van der Waals surface area contributed by atoms with E-state index in [4.69, 9.17) is 26.2 Å². The van der Waals surface area contributed by atoms with Gasteiger partial charge in [-0.2, -0.15) is 0 Å². The van der Waals surface area contributed by atoms with E-state index in [0.717, 1.165) is 5.56 Å². The van der Waals surface area contributed by atoms with Crippen LogP contribution in [0, 0.1) is 0 Å². The molecule has 0 aliphatic heterocycles. The van der Waals surface area contributed by atoms with Crippen molar-refractivity contribution in [3.05, 3.63) is 52.8 Å². The monoisotopic (exact) mass is 293 g/mol. The molecule has 0 radical (unpaired) electrons. The zero-order chi connectivity index (χ0) is 14.5. The lowest BCUT2D eigenvalue weighted by Gasteiger charge is -2.09. The number of aromatic nitrogens is 1. The standard InChI is InChI=1S/C14H12ClNO4/c1-19-13-4-9(2-3-12(13)14(17)18)8-20-11-5-10(15)6-16-7-11/h2-7H,8H2,1H3,(H,17,18). The summed E-state index contributed by atoms with van der Waals surface area (Å²) in [5, 5.41) is 9.48. The maximum atomic E-state index is 11.0. The summed E-state index contributed by atoms with van der Waals surface area (Å²) in [5.41, 5.74) is 0.896. The average molecular weight is 294 g/mol. The Morgan fingerprint density at radius 1 is 1.35 bits per heavy atom. The first-order chi connectivity index (χ1) is 9.60. The predicted molar refractivity (Wildman–Crippen MR) is 73.5 cm³/mol. The fourth-order valence-electron chi connectivity index (χ4n) is 1.64. The molecule has 1 heterocycles. The van der Waals surface area contributed by atoms with Crippen LogP contribution < -0.4 is 9.47 Å². The molecule has 0 aliphatic rings. The van der Waals surface area contributed by atoms with E-state index < -0.39 is 5.97 Å². The van der Waals surface area contributed by atoms with Crippen molar-refractivity contribution in [3.8, 4) is 11.5 Å². The molecule has 20 heavy (non-hydrogen) atoms.